The third-order valence-corrected chi connectivity index (χ3v) is 6.53. The number of alkyl halides is 3. The van der Waals surface area contributed by atoms with E-state index in [4.69, 9.17) is 0 Å². The van der Waals surface area contributed by atoms with Gasteiger partial charge in [-0.2, -0.15) is 13.2 Å². The topological polar surface area (TPSA) is 54.3 Å². The lowest BCUT2D eigenvalue weighted by Gasteiger charge is -2.36. The Hall–Kier alpha value is -3.01. The molecule has 1 aliphatic heterocycles. The normalized spacial score (nSPS) is 14.5. The fourth-order valence-electron chi connectivity index (χ4n) is 3.73. The largest absolute Gasteiger partial charge is 0.416 e. The summed E-state index contributed by atoms with van der Waals surface area (Å²) in [5.41, 5.74) is 0.986. The van der Waals surface area contributed by atoms with Gasteiger partial charge in [0.1, 0.15) is 5.82 Å². The minimum absolute atomic E-state index is 0.0180. The molecule has 33 heavy (non-hydrogen) atoms. The summed E-state index contributed by atoms with van der Waals surface area (Å²) in [5, 5.41) is 9.05. The number of carbonyl (C=O) groups is 1. The van der Waals surface area contributed by atoms with Crippen molar-refractivity contribution in [1.29, 1.82) is 0 Å². The van der Waals surface area contributed by atoms with Crippen molar-refractivity contribution in [3.8, 4) is 0 Å². The number of piperazine rings is 1. The van der Waals surface area contributed by atoms with E-state index in [9.17, 15) is 18.0 Å². The first-order valence-corrected chi connectivity index (χ1v) is 11.6. The SMILES string of the molecule is Cc1nnc(SCC(=O)N2CCN(c3cccc(C(F)(F)F)c3)CC2)n1Cc1ccccc1. The zero-order chi connectivity index (χ0) is 23.4. The number of aryl methyl sites for hydroxylation is 1. The zero-order valence-corrected chi connectivity index (χ0v) is 18.9. The van der Waals surface area contributed by atoms with Gasteiger partial charge in [0.05, 0.1) is 17.9 Å². The van der Waals surface area contributed by atoms with E-state index in [0.717, 1.165) is 23.5 Å². The molecule has 1 fully saturated rings. The number of aromatic nitrogens is 3. The van der Waals surface area contributed by atoms with Gasteiger partial charge in [-0.05, 0) is 30.7 Å². The van der Waals surface area contributed by atoms with Crippen LogP contribution in [-0.2, 0) is 17.5 Å². The molecule has 2 heterocycles. The number of benzene rings is 2. The molecule has 0 saturated carbocycles. The van der Waals surface area contributed by atoms with Crippen LogP contribution in [0.5, 0.6) is 0 Å². The molecule has 0 N–H and O–H groups in total. The van der Waals surface area contributed by atoms with Crippen LogP contribution >= 0.6 is 11.8 Å². The van der Waals surface area contributed by atoms with E-state index in [-0.39, 0.29) is 11.7 Å². The lowest BCUT2D eigenvalue weighted by molar-refractivity contribution is -0.137. The van der Waals surface area contributed by atoms with E-state index in [1.165, 1.54) is 17.8 Å². The van der Waals surface area contributed by atoms with Gasteiger partial charge < -0.3 is 14.4 Å². The standard InChI is InChI=1S/C23H24F3N5OS/c1-17-27-28-22(31(17)15-18-6-3-2-4-7-18)33-16-21(32)30-12-10-29(11-13-30)20-9-5-8-19(14-20)23(24,25)26/h2-9,14H,10-13,15-16H2,1H3. The monoisotopic (exact) mass is 475 g/mol. The van der Waals surface area contributed by atoms with E-state index in [0.29, 0.717) is 43.6 Å². The van der Waals surface area contributed by atoms with E-state index < -0.39 is 11.7 Å². The van der Waals surface area contributed by atoms with E-state index in [1.54, 1.807) is 11.0 Å². The molecule has 0 aliphatic carbocycles. The van der Waals surface area contributed by atoms with Gasteiger partial charge >= 0.3 is 6.18 Å². The Morgan fingerprint density at radius 2 is 1.73 bits per heavy atom. The molecule has 1 saturated heterocycles. The van der Waals surface area contributed by atoms with Crippen molar-refractivity contribution in [2.45, 2.75) is 24.8 Å². The molecule has 10 heteroatoms. The first kappa shape index (κ1) is 23.2. The summed E-state index contributed by atoms with van der Waals surface area (Å²) in [4.78, 5) is 16.4. The molecule has 6 nitrogen and oxygen atoms in total. The van der Waals surface area contributed by atoms with E-state index in [2.05, 4.69) is 10.2 Å². The predicted octanol–water partition coefficient (Wildman–Crippen LogP) is 4.09. The molecule has 0 spiro atoms. The molecule has 174 valence electrons. The Balaban J connectivity index is 1.32. The summed E-state index contributed by atoms with van der Waals surface area (Å²) in [5.74, 6) is 0.996. The lowest BCUT2D eigenvalue weighted by atomic mass is 10.1. The number of amides is 1. The van der Waals surface area contributed by atoms with Crippen LogP contribution in [0.15, 0.2) is 59.8 Å². The van der Waals surface area contributed by atoms with Gasteiger partial charge in [-0.3, -0.25) is 4.79 Å². The second kappa shape index (κ2) is 9.86. The molecule has 0 radical (unpaired) electrons. The van der Waals surface area contributed by atoms with Crippen LogP contribution in [0.1, 0.15) is 17.0 Å². The Morgan fingerprint density at radius 1 is 1.00 bits per heavy atom. The van der Waals surface area contributed by atoms with Crippen molar-refractivity contribution in [2.24, 2.45) is 0 Å². The number of nitrogens with zero attached hydrogens (tertiary/aromatic N) is 5. The highest BCUT2D eigenvalue weighted by Crippen LogP contribution is 2.32. The average molecular weight is 476 g/mol. The van der Waals surface area contributed by atoms with Crippen molar-refractivity contribution in [3.63, 3.8) is 0 Å². The number of anilines is 1. The summed E-state index contributed by atoms with van der Waals surface area (Å²) in [6, 6.07) is 15.3. The first-order chi connectivity index (χ1) is 15.8. The predicted molar refractivity (Wildman–Crippen MR) is 121 cm³/mol. The van der Waals surface area contributed by atoms with E-state index in [1.807, 2.05) is 46.7 Å². The molecule has 2 aromatic carbocycles. The molecule has 1 aliphatic rings. The Bertz CT molecular complexity index is 1090. The fraction of sp³-hybridized carbons (Fsp3) is 0.348. The summed E-state index contributed by atoms with van der Waals surface area (Å²) < 4.78 is 41.0. The van der Waals surface area contributed by atoms with Crippen molar-refractivity contribution in [1.82, 2.24) is 19.7 Å². The maximum atomic E-state index is 13.0. The average Bonchev–Trinajstić information content (AvgIpc) is 3.17. The Morgan fingerprint density at radius 3 is 2.42 bits per heavy atom. The number of hydrogen-bond acceptors (Lipinski definition) is 5. The third-order valence-electron chi connectivity index (χ3n) is 5.58. The highest BCUT2D eigenvalue weighted by molar-refractivity contribution is 7.99. The van der Waals surface area contributed by atoms with Crippen LogP contribution in [-0.4, -0.2) is 57.5 Å². The van der Waals surface area contributed by atoms with Gasteiger partial charge in [0, 0.05) is 31.9 Å². The first-order valence-electron chi connectivity index (χ1n) is 10.6. The molecule has 4 rings (SSSR count). The van der Waals surface area contributed by atoms with Crippen LogP contribution in [0.25, 0.3) is 0 Å². The molecular formula is C23H24F3N5OS. The molecule has 1 amide bonds. The van der Waals surface area contributed by atoms with Gasteiger partial charge in [0.25, 0.3) is 0 Å². The Labute approximate surface area is 194 Å². The summed E-state index contributed by atoms with van der Waals surface area (Å²) in [7, 11) is 0. The number of hydrogen-bond donors (Lipinski definition) is 0. The van der Waals surface area contributed by atoms with Crippen molar-refractivity contribution >= 4 is 23.4 Å². The molecule has 3 aromatic rings. The van der Waals surface area contributed by atoms with Gasteiger partial charge in [-0.15, -0.1) is 10.2 Å². The van der Waals surface area contributed by atoms with Crippen molar-refractivity contribution < 1.29 is 18.0 Å². The highest BCUT2D eigenvalue weighted by Gasteiger charge is 2.31. The minimum Gasteiger partial charge on any atom is -0.368 e. The zero-order valence-electron chi connectivity index (χ0n) is 18.1. The van der Waals surface area contributed by atoms with Crippen LogP contribution in [0.3, 0.4) is 0 Å². The van der Waals surface area contributed by atoms with Crippen LogP contribution in [0.4, 0.5) is 18.9 Å². The number of thioether (sulfide) groups is 1. The van der Waals surface area contributed by atoms with Gasteiger partial charge in [0.15, 0.2) is 5.16 Å². The van der Waals surface area contributed by atoms with Gasteiger partial charge in [-0.1, -0.05) is 48.2 Å². The fourth-order valence-corrected chi connectivity index (χ4v) is 4.61. The smallest absolute Gasteiger partial charge is 0.368 e. The van der Waals surface area contributed by atoms with Crippen LogP contribution < -0.4 is 4.90 Å². The van der Waals surface area contributed by atoms with Crippen LogP contribution in [0.2, 0.25) is 0 Å². The summed E-state index contributed by atoms with van der Waals surface area (Å²) >= 11 is 1.35. The maximum absolute atomic E-state index is 13.0. The molecule has 0 atom stereocenters. The third kappa shape index (κ3) is 5.68. The number of halogens is 3. The Kier molecular flexibility index (Phi) is 6.92. The van der Waals surface area contributed by atoms with Gasteiger partial charge in [0.2, 0.25) is 5.91 Å². The highest BCUT2D eigenvalue weighted by atomic mass is 32.2. The number of rotatable bonds is 6. The van der Waals surface area contributed by atoms with E-state index >= 15 is 0 Å². The molecule has 0 bridgehead atoms. The maximum Gasteiger partial charge on any atom is 0.416 e. The van der Waals surface area contributed by atoms with Gasteiger partial charge in [-0.25, -0.2) is 0 Å². The van der Waals surface area contributed by atoms with Crippen molar-refractivity contribution in [2.75, 3.05) is 36.8 Å². The molecular weight excluding hydrogens is 451 g/mol. The quantitative estimate of drug-likeness (QED) is 0.503. The second-order valence-corrected chi connectivity index (χ2v) is 8.75. The summed E-state index contributed by atoms with van der Waals surface area (Å²) in [6.45, 7) is 4.42. The molecule has 0 unspecified atom stereocenters. The lowest BCUT2D eigenvalue weighted by Crippen LogP contribution is -2.49. The molecule has 1 aromatic heterocycles. The summed E-state index contributed by atoms with van der Waals surface area (Å²) in [6.07, 6.45) is -4.37. The minimum atomic E-state index is -4.37. The van der Waals surface area contributed by atoms with Crippen molar-refractivity contribution in [3.05, 3.63) is 71.5 Å². The number of carbonyl (C=O) groups excluding carboxylic acids is 1. The van der Waals surface area contributed by atoms with Crippen LogP contribution in [0, 0.1) is 6.92 Å². The second-order valence-electron chi connectivity index (χ2n) is 7.81.